The van der Waals surface area contributed by atoms with Gasteiger partial charge < -0.3 is 16.0 Å². The molecule has 6 nitrogen and oxygen atoms in total. The van der Waals surface area contributed by atoms with Gasteiger partial charge in [-0.25, -0.2) is 0 Å². The zero-order valence-corrected chi connectivity index (χ0v) is 19.0. The van der Waals surface area contributed by atoms with Gasteiger partial charge in [-0.3, -0.25) is 14.5 Å². The van der Waals surface area contributed by atoms with E-state index in [0.717, 1.165) is 42.5 Å². The van der Waals surface area contributed by atoms with E-state index in [4.69, 9.17) is 5.73 Å². The molecule has 0 aromatic heterocycles. The number of aryl methyl sites for hydroxylation is 2. The van der Waals surface area contributed by atoms with E-state index >= 15 is 0 Å². The van der Waals surface area contributed by atoms with Crippen molar-refractivity contribution >= 4 is 42.3 Å². The van der Waals surface area contributed by atoms with Gasteiger partial charge in [0.15, 0.2) is 0 Å². The first-order valence-electron chi connectivity index (χ1n) is 10.1. The molecular weight excluding hydrogens is 411 g/mol. The average molecular weight is 445 g/mol. The van der Waals surface area contributed by atoms with Crippen LogP contribution in [0.2, 0.25) is 0 Å². The maximum atomic E-state index is 12.8. The van der Waals surface area contributed by atoms with Crippen molar-refractivity contribution in [2.24, 2.45) is 5.73 Å². The number of halogens is 2. The van der Waals surface area contributed by atoms with E-state index in [1.165, 1.54) is 6.42 Å². The number of nitrogens with two attached hydrogens (primary N) is 1. The Morgan fingerprint density at radius 3 is 2.10 bits per heavy atom. The first-order valence-corrected chi connectivity index (χ1v) is 10.1. The molecule has 2 amide bonds. The fraction of sp³-hybridized carbons (Fsp3) is 0.619. The van der Waals surface area contributed by atoms with Gasteiger partial charge in [0.1, 0.15) is 0 Å². The van der Waals surface area contributed by atoms with Crippen LogP contribution >= 0.6 is 24.8 Å². The van der Waals surface area contributed by atoms with Gasteiger partial charge in [0, 0.05) is 31.9 Å². The number of para-hydroxylation sites is 1. The third-order valence-electron chi connectivity index (χ3n) is 5.94. The number of piperazine rings is 1. The number of hydrogen-bond donors (Lipinski definition) is 2. The summed E-state index contributed by atoms with van der Waals surface area (Å²) < 4.78 is 0. The van der Waals surface area contributed by atoms with E-state index in [1.807, 2.05) is 36.9 Å². The Morgan fingerprint density at radius 2 is 1.55 bits per heavy atom. The van der Waals surface area contributed by atoms with Crippen LogP contribution in [0.1, 0.15) is 43.2 Å². The van der Waals surface area contributed by atoms with Gasteiger partial charge in [-0.05, 0) is 37.8 Å². The molecule has 0 atom stereocenters. The predicted octanol–water partition coefficient (Wildman–Crippen LogP) is 2.89. The molecule has 1 saturated carbocycles. The monoisotopic (exact) mass is 444 g/mol. The lowest BCUT2D eigenvalue weighted by atomic mass is 9.81. The number of carbonyl (C=O) groups is 2. The Labute approximate surface area is 186 Å². The van der Waals surface area contributed by atoms with Crippen LogP contribution in [0.4, 0.5) is 5.69 Å². The summed E-state index contributed by atoms with van der Waals surface area (Å²) in [4.78, 5) is 29.3. The lowest BCUT2D eigenvalue weighted by Gasteiger charge is -2.40. The molecule has 8 heteroatoms. The zero-order chi connectivity index (χ0) is 19.4. The van der Waals surface area contributed by atoms with Crippen LogP contribution in [0.3, 0.4) is 0 Å². The maximum Gasteiger partial charge on any atom is 0.242 e. The minimum Gasteiger partial charge on any atom is -0.339 e. The van der Waals surface area contributed by atoms with Crippen LogP contribution in [0.25, 0.3) is 0 Å². The number of benzene rings is 1. The summed E-state index contributed by atoms with van der Waals surface area (Å²) in [6, 6.07) is 5.99. The first-order chi connectivity index (χ1) is 12.9. The molecule has 0 unspecified atom stereocenters. The summed E-state index contributed by atoms with van der Waals surface area (Å²) in [5.41, 5.74) is 8.77. The number of nitrogens with one attached hydrogen (secondary N) is 1. The molecule has 2 fully saturated rings. The van der Waals surface area contributed by atoms with Gasteiger partial charge in [-0.15, -0.1) is 24.8 Å². The molecule has 2 aliphatic rings. The molecule has 1 aromatic rings. The molecule has 1 aromatic carbocycles. The molecule has 0 radical (unpaired) electrons. The normalized spacial score (nSPS) is 18.9. The van der Waals surface area contributed by atoms with Crippen LogP contribution in [0.5, 0.6) is 0 Å². The molecule has 0 bridgehead atoms. The van der Waals surface area contributed by atoms with E-state index in [1.54, 1.807) is 0 Å². The molecule has 1 heterocycles. The highest BCUT2D eigenvalue weighted by Crippen LogP contribution is 2.28. The van der Waals surface area contributed by atoms with Gasteiger partial charge >= 0.3 is 0 Å². The van der Waals surface area contributed by atoms with E-state index in [-0.39, 0.29) is 36.6 Å². The molecule has 1 aliphatic heterocycles. The van der Waals surface area contributed by atoms with E-state index in [9.17, 15) is 9.59 Å². The quantitative estimate of drug-likeness (QED) is 0.747. The summed E-state index contributed by atoms with van der Waals surface area (Å²) in [7, 11) is 0. The second-order valence-corrected chi connectivity index (χ2v) is 8.10. The molecular formula is C21H34Cl2N4O2. The van der Waals surface area contributed by atoms with Crippen molar-refractivity contribution in [1.82, 2.24) is 9.80 Å². The second kappa shape index (κ2) is 11.2. The fourth-order valence-electron chi connectivity index (χ4n) is 4.21. The van der Waals surface area contributed by atoms with E-state index < -0.39 is 5.54 Å². The highest BCUT2D eigenvalue weighted by Gasteiger charge is 2.39. The largest absolute Gasteiger partial charge is 0.339 e. The van der Waals surface area contributed by atoms with Crippen LogP contribution < -0.4 is 11.1 Å². The highest BCUT2D eigenvalue weighted by molar-refractivity contribution is 5.93. The van der Waals surface area contributed by atoms with Crippen molar-refractivity contribution in [3.05, 3.63) is 29.3 Å². The van der Waals surface area contributed by atoms with Gasteiger partial charge in [-0.2, -0.15) is 0 Å². The number of amides is 2. The third-order valence-corrected chi connectivity index (χ3v) is 5.94. The molecule has 1 saturated heterocycles. The van der Waals surface area contributed by atoms with Crippen molar-refractivity contribution < 1.29 is 9.59 Å². The standard InChI is InChI=1S/C21H32N4O2.2ClH/c1-16-7-6-8-17(2)19(16)23-18(26)15-24-11-13-25(14-12-24)20(27)21(22)9-4-3-5-10-21;;/h6-8H,3-5,9-15,22H2,1-2H3,(H,23,26);2*1H. The summed E-state index contributed by atoms with van der Waals surface area (Å²) in [5.74, 6) is 0.0941. The first kappa shape index (κ1) is 25.7. The summed E-state index contributed by atoms with van der Waals surface area (Å²) in [5, 5.41) is 3.04. The predicted molar refractivity (Wildman–Crippen MR) is 122 cm³/mol. The van der Waals surface area contributed by atoms with Gasteiger partial charge in [0.25, 0.3) is 0 Å². The fourth-order valence-corrected chi connectivity index (χ4v) is 4.21. The Bertz CT molecular complexity index is 680. The average Bonchev–Trinajstić information content (AvgIpc) is 2.65. The molecule has 164 valence electrons. The number of anilines is 1. The zero-order valence-electron chi connectivity index (χ0n) is 17.4. The Hall–Kier alpha value is -1.34. The van der Waals surface area contributed by atoms with Crippen molar-refractivity contribution in [2.75, 3.05) is 38.0 Å². The SMILES string of the molecule is Cc1cccc(C)c1NC(=O)CN1CCN(C(=O)C2(N)CCCCC2)CC1.Cl.Cl. The lowest BCUT2D eigenvalue weighted by Crippen LogP contribution is -2.60. The maximum absolute atomic E-state index is 12.8. The highest BCUT2D eigenvalue weighted by atomic mass is 35.5. The second-order valence-electron chi connectivity index (χ2n) is 8.10. The van der Waals surface area contributed by atoms with Crippen molar-refractivity contribution in [1.29, 1.82) is 0 Å². The molecule has 3 rings (SSSR count). The topological polar surface area (TPSA) is 78.7 Å². The van der Waals surface area contributed by atoms with Crippen LogP contribution in [0.15, 0.2) is 18.2 Å². The van der Waals surface area contributed by atoms with Crippen molar-refractivity contribution in [2.45, 2.75) is 51.5 Å². The van der Waals surface area contributed by atoms with Gasteiger partial charge in [-0.1, -0.05) is 37.5 Å². The minimum absolute atomic E-state index is 0. The number of rotatable bonds is 4. The summed E-state index contributed by atoms with van der Waals surface area (Å²) >= 11 is 0. The molecule has 1 aliphatic carbocycles. The molecule has 3 N–H and O–H groups in total. The Balaban J connectivity index is 0.00000210. The number of hydrogen-bond acceptors (Lipinski definition) is 4. The Kier molecular flexibility index (Phi) is 9.89. The Morgan fingerprint density at radius 1 is 1.00 bits per heavy atom. The van der Waals surface area contributed by atoms with Crippen LogP contribution in [-0.4, -0.2) is 59.9 Å². The third kappa shape index (κ3) is 6.32. The summed E-state index contributed by atoms with van der Waals surface area (Å²) in [6.07, 6.45) is 4.85. The van der Waals surface area contributed by atoms with E-state index in [2.05, 4.69) is 10.2 Å². The number of nitrogens with zero attached hydrogens (tertiary/aromatic N) is 2. The van der Waals surface area contributed by atoms with Crippen molar-refractivity contribution in [3.8, 4) is 0 Å². The van der Waals surface area contributed by atoms with E-state index in [0.29, 0.717) is 32.7 Å². The molecule has 29 heavy (non-hydrogen) atoms. The smallest absolute Gasteiger partial charge is 0.242 e. The van der Waals surface area contributed by atoms with Crippen LogP contribution in [-0.2, 0) is 9.59 Å². The lowest BCUT2D eigenvalue weighted by molar-refractivity contribution is -0.140. The van der Waals surface area contributed by atoms with Gasteiger partial charge in [0.2, 0.25) is 11.8 Å². The van der Waals surface area contributed by atoms with Crippen molar-refractivity contribution in [3.63, 3.8) is 0 Å². The minimum atomic E-state index is -0.667. The molecule has 0 spiro atoms. The van der Waals surface area contributed by atoms with Gasteiger partial charge in [0.05, 0.1) is 12.1 Å². The summed E-state index contributed by atoms with van der Waals surface area (Å²) in [6.45, 7) is 7.07. The number of carbonyl (C=O) groups excluding carboxylic acids is 2. The van der Waals surface area contributed by atoms with Crippen LogP contribution in [0, 0.1) is 13.8 Å².